The van der Waals surface area contributed by atoms with Gasteiger partial charge in [0.05, 0.1) is 6.10 Å². The largest absolute Gasteiger partial charge is 0.388 e. The van der Waals surface area contributed by atoms with E-state index in [2.05, 4.69) is 45.9 Å². The van der Waals surface area contributed by atoms with E-state index in [1.54, 1.807) is 0 Å². The van der Waals surface area contributed by atoms with Gasteiger partial charge in [-0.25, -0.2) is 0 Å². The summed E-state index contributed by atoms with van der Waals surface area (Å²) in [7, 11) is 0. The van der Waals surface area contributed by atoms with Crippen LogP contribution in [0.25, 0.3) is 0 Å². The number of hydrogen-bond acceptors (Lipinski definition) is 1. The van der Waals surface area contributed by atoms with Gasteiger partial charge in [-0.15, -0.1) is 0 Å². The van der Waals surface area contributed by atoms with Crippen LogP contribution >= 0.6 is 0 Å². The van der Waals surface area contributed by atoms with Gasteiger partial charge in [-0.05, 0) is 49.3 Å². The predicted octanol–water partition coefficient (Wildman–Crippen LogP) is 4.55. The summed E-state index contributed by atoms with van der Waals surface area (Å²) in [6, 6.07) is 6.24. The van der Waals surface area contributed by atoms with Crippen molar-refractivity contribution < 1.29 is 5.11 Å². The van der Waals surface area contributed by atoms with Gasteiger partial charge in [0.25, 0.3) is 0 Å². The quantitative estimate of drug-likeness (QED) is 0.765. The van der Waals surface area contributed by atoms with Crippen molar-refractivity contribution in [2.75, 3.05) is 0 Å². The summed E-state index contributed by atoms with van der Waals surface area (Å²) in [4.78, 5) is 0. The monoisotopic (exact) mass is 234 g/mol. The second-order valence-corrected chi connectivity index (χ2v) is 5.07. The summed E-state index contributed by atoms with van der Waals surface area (Å²) in [5, 5.41) is 10.5. The third-order valence-electron chi connectivity index (χ3n) is 3.73. The molecule has 1 nitrogen and oxygen atoms in total. The molecular formula is C16H26O. The van der Waals surface area contributed by atoms with E-state index in [9.17, 15) is 5.11 Å². The second-order valence-electron chi connectivity index (χ2n) is 5.07. The normalized spacial score (nSPS) is 13.1. The Balaban J connectivity index is 2.92. The third kappa shape index (κ3) is 3.57. The number of rotatable bonds is 6. The fourth-order valence-corrected chi connectivity index (χ4v) is 2.55. The summed E-state index contributed by atoms with van der Waals surface area (Å²) < 4.78 is 0. The highest BCUT2D eigenvalue weighted by atomic mass is 16.3. The first kappa shape index (κ1) is 14.2. The van der Waals surface area contributed by atoms with E-state index < -0.39 is 0 Å². The standard InChI is InChI=1S/C16H26O/c1-5-8-14(9-6-2)16(17)15-11-7-10-12(3)13(15)4/h7,10-11,14,16-17H,5-6,8-9H2,1-4H3. The molecule has 0 radical (unpaired) electrons. The molecule has 0 amide bonds. The van der Waals surface area contributed by atoms with Gasteiger partial charge in [-0.3, -0.25) is 0 Å². The van der Waals surface area contributed by atoms with Crippen molar-refractivity contribution in [3.05, 3.63) is 34.9 Å². The maximum Gasteiger partial charge on any atom is 0.0820 e. The lowest BCUT2D eigenvalue weighted by molar-refractivity contribution is 0.0958. The van der Waals surface area contributed by atoms with E-state index in [4.69, 9.17) is 0 Å². The van der Waals surface area contributed by atoms with Gasteiger partial charge in [-0.1, -0.05) is 44.9 Å². The molecule has 1 heteroatoms. The van der Waals surface area contributed by atoms with Crippen LogP contribution in [0.2, 0.25) is 0 Å². The first-order valence-corrected chi connectivity index (χ1v) is 6.85. The van der Waals surface area contributed by atoms with Crippen molar-refractivity contribution in [2.24, 2.45) is 5.92 Å². The lowest BCUT2D eigenvalue weighted by Gasteiger charge is -2.24. The zero-order valence-corrected chi connectivity index (χ0v) is 11.7. The Morgan fingerprint density at radius 1 is 1.06 bits per heavy atom. The minimum Gasteiger partial charge on any atom is -0.388 e. The minimum atomic E-state index is -0.296. The molecule has 0 aliphatic carbocycles. The molecule has 0 fully saturated rings. The molecule has 0 spiro atoms. The average Bonchev–Trinajstić information content (AvgIpc) is 2.31. The molecule has 1 aromatic carbocycles. The summed E-state index contributed by atoms with van der Waals surface area (Å²) in [5.74, 6) is 0.408. The van der Waals surface area contributed by atoms with Crippen LogP contribution in [0.3, 0.4) is 0 Å². The van der Waals surface area contributed by atoms with Crippen LogP contribution in [0.4, 0.5) is 0 Å². The predicted molar refractivity (Wildman–Crippen MR) is 74.2 cm³/mol. The summed E-state index contributed by atoms with van der Waals surface area (Å²) >= 11 is 0. The van der Waals surface area contributed by atoms with Gasteiger partial charge < -0.3 is 5.11 Å². The van der Waals surface area contributed by atoms with E-state index in [-0.39, 0.29) is 6.10 Å². The molecule has 1 N–H and O–H groups in total. The molecule has 96 valence electrons. The van der Waals surface area contributed by atoms with Crippen molar-refractivity contribution in [1.82, 2.24) is 0 Å². The number of aliphatic hydroxyl groups is 1. The van der Waals surface area contributed by atoms with Gasteiger partial charge >= 0.3 is 0 Å². The van der Waals surface area contributed by atoms with E-state index in [1.807, 2.05) is 0 Å². The van der Waals surface area contributed by atoms with Gasteiger partial charge in [0.2, 0.25) is 0 Å². The van der Waals surface area contributed by atoms with Crippen LogP contribution in [-0.4, -0.2) is 5.11 Å². The van der Waals surface area contributed by atoms with Gasteiger partial charge in [-0.2, -0.15) is 0 Å². The van der Waals surface area contributed by atoms with Gasteiger partial charge in [0.15, 0.2) is 0 Å². The van der Waals surface area contributed by atoms with Crippen LogP contribution in [0.5, 0.6) is 0 Å². The van der Waals surface area contributed by atoms with Crippen LogP contribution in [0.15, 0.2) is 18.2 Å². The maximum atomic E-state index is 10.5. The molecule has 0 aliphatic rings. The molecule has 1 rings (SSSR count). The molecular weight excluding hydrogens is 208 g/mol. The minimum absolute atomic E-state index is 0.296. The van der Waals surface area contributed by atoms with Gasteiger partial charge in [0, 0.05) is 0 Å². The lowest BCUT2D eigenvalue weighted by Crippen LogP contribution is -2.14. The van der Waals surface area contributed by atoms with Gasteiger partial charge in [0.1, 0.15) is 0 Å². The topological polar surface area (TPSA) is 20.2 Å². The molecule has 0 heterocycles. The maximum absolute atomic E-state index is 10.5. The van der Waals surface area contributed by atoms with E-state index >= 15 is 0 Å². The molecule has 1 atom stereocenters. The summed E-state index contributed by atoms with van der Waals surface area (Å²) in [6.07, 6.45) is 4.22. The molecule has 0 bridgehead atoms. The number of aryl methyl sites for hydroxylation is 1. The zero-order chi connectivity index (χ0) is 12.8. The van der Waals surface area contributed by atoms with Crippen LogP contribution < -0.4 is 0 Å². The highest BCUT2D eigenvalue weighted by Crippen LogP contribution is 2.32. The smallest absolute Gasteiger partial charge is 0.0820 e. The highest BCUT2D eigenvalue weighted by Gasteiger charge is 2.21. The highest BCUT2D eigenvalue weighted by molar-refractivity contribution is 5.34. The van der Waals surface area contributed by atoms with Crippen LogP contribution in [-0.2, 0) is 0 Å². The van der Waals surface area contributed by atoms with Crippen molar-refractivity contribution in [1.29, 1.82) is 0 Å². The molecule has 1 aromatic rings. The van der Waals surface area contributed by atoms with Crippen LogP contribution in [0, 0.1) is 19.8 Å². The molecule has 0 saturated carbocycles. The average molecular weight is 234 g/mol. The third-order valence-corrected chi connectivity index (χ3v) is 3.73. The SMILES string of the molecule is CCCC(CCC)C(O)c1cccc(C)c1C. The summed E-state index contributed by atoms with van der Waals surface area (Å²) in [5.41, 5.74) is 3.64. The van der Waals surface area contributed by atoms with E-state index in [1.165, 1.54) is 11.1 Å². The van der Waals surface area contributed by atoms with E-state index in [0.717, 1.165) is 31.2 Å². The Bertz CT molecular complexity index is 337. The Hall–Kier alpha value is -0.820. The molecule has 0 aromatic heterocycles. The van der Waals surface area contributed by atoms with Crippen molar-refractivity contribution in [3.63, 3.8) is 0 Å². The van der Waals surface area contributed by atoms with E-state index in [0.29, 0.717) is 5.92 Å². The fraction of sp³-hybridized carbons (Fsp3) is 0.625. The Labute approximate surface area is 106 Å². The first-order valence-electron chi connectivity index (χ1n) is 6.85. The Kier molecular flexibility index (Phi) is 5.70. The Morgan fingerprint density at radius 3 is 2.18 bits per heavy atom. The van der Waals surface area contributed by atoms with Crippen molar-refractivity contribution >= 4 is 0 Å². The molecule has 0 aliphatic heterocycles. The summed E-state index contributed by atoms with van der Waals surface area (Å²) in [6.45, 7) is 8.61. The fourth-order valence-electron chi connectivity index (χ4n) is 2.55. The first-order chi connectivity index (χ1) is 8.11. The number of benzene rings is 1. The molecule has 0 saturated heterocycles. The zero-order valence-electron chi connectivity index (χ0n) is 11.7. The molecule has 17 heavy (non-hydrogen) atoms. The lowest BCUT2D eigenvalue weighted by atomic mass is 9.86. The van der Waals surface area contributed by atoms with Crippen molar-refractivity contribution in [2.45, 2.75) is 59.5 Å². The Morgan fingerprint density at radius 2 is 1.65 bits per heavy atom. The van der Waals surface area contributed by atoms with Crippen LogP contribution in [0.1, 0.15) is 62.3 Å². The molecule has 1 unspecified atom stereocenters. The van der Waals surface area contributed by atoms with Crippen molar-refractivity contribution in [3.8, 4) is 0 Å². The second kappa shape index (κ2) is 6.80. The number of hydrogen-bond donors (Lipinski definition) is 1. The number of aliphatic hydroxyl groups excluding tert-OH is 1.